The van der Waals surface area contributed by atoms with Crippen LogP contribution in [0.2, 0.25) is 0 Å². The number of hydrogen-bond donors (Lipinski definition) is 1. The monoisotopic (exact) mass is 461 g/mol. The van der Waals surface area contributed by atoms with Gasteiger partial charge in [0.15, 0.2) is 5.78 Å². The highest BCUT2D eigenvalue weighted by Crippen LogP contribution is 2.17. The van der Waals surface area contributed by atoms with Crippen LogP contribution in [0.25, 0.3) is 0 Å². The maximum atomic E-state index is 12.2. The number of nitrogens with zero attached hydrogens (tertiary/aromatic N) is 1. The molecular weight excluding hydrogens is 422 g/mol. The Morgan fingerprint density at radius 3 is 2.09 bits per heavy atom. The largest absolute Gasteiger partial charge is 0.461 e. The number of carbonyl (C=O) groups excluding carboxylic acids is 1. The summed E-state index contributed by atoms with van der Waals surface area (Å²) in [5, 5.41) is 18.9. The number of aliphatic hydroxyl groups excluding tert-OH is 1. The van der Waals surface area contributed by atoms with E-state index in [0.717, 1.165) is 6.42 Å². The summed E-state index contributed by atoms with van der Waals surface area (Å²) >= 11 is 0. The van der Waals surface area contributed by atoms with Crippen LogP contribution in [0.5, 0.6) is 5.75 Å². The number of benzene rings is 2. The second-order valence-electron chi connectivity index (χ2n) is 8.83. The fraction of sp³-hybridized carbons (Fsp3) is 0.467. The summed E-state index contributed by atoms with van der Waals surface area (Å²) in [5.74, 6) is 0.520. The highest BCUT2D eigenvalue weighted by Gasteiger charge is 2.06. The minimum Gasteiger partial charge on any atom is -0.461 e. The van der Waals surface area contributed by atoms with Crippen LogP contribution < -0.4 is 4.74 Å². The fourth-order valence-corrected chi connectivity index (χ4v) is 3.87. The van der Waals surface area contributed by atoms with Gasteiger partial charge in [-0.15, -0.1) is 0 Å². The van der Waals surface area contributed by atoms with Gasteiger partial charge in [0, 0.05) is 12.0 Å². The first-order chi connectivity index (χ1) is 16.6. The van der Waals surface area contributed by atoms with Crippen LogP contribution in [0.4, 0.5) is 0 Å². The van der Waals surface area contributed by atoms with E-state index in [1.165, 1.54) is 75.8 Å². The highest BCUT2D eigenvalue weighted by molar-refractivity contribution is 5.97. The third kappa shape index (κ3) is 11.3. The Balaban J connectivity index is 1.60. The normalized spacial score (nSPS) is 11.9. The summed E-state index contributed by atoms with van der Waals surface area (Å²) in [4.78, 5) is 12.2. The van der Waals surface area contributed by atoms with Crippen molar-refractivity contribution in [2.75, 3.05) is 0 Å². The number of rotatable bonds is 17. The van der Waals surface area contributed by atoms with Gasteiger partial charge in [-0.1, -0.05) is 95.1 Å². The zero-order chi connectivity index (χ0) is 24.4. The molecule has 0 aliphatic rings. The topological polar surface area (TPSA) is 70.3 Å². The molecule has 0 aliphatic heterocycles. The Morgan fingerprint density at radius 1 is 0.912 bits per heavy atom. The quantitative estimate of drug-likeness (QED) is 0.114. The number of aliphatic hydroxyl groups is 1. The number of carbonyl (C=O) groups is 1. The van der Waals surface area contributed by atoms with Gasteiger partial charge in [0.2, 0.25) is 6.29 Å². The summed E-state index contributed by atoms with van der Waals surface area (Å²) in [6, 6.07) is 16.4. The molecule has 0 amide bonds. The van der Waals surface area contributed by atoms with E-state index in [9.17, 15) is 9.90 Å². The maximum Gasteiger partial charge on any atom is 0.217 e. The molecule has 2 rings (SSSR count). The molecule has 0 fully saturated rings. The first kappa shape index (κ1) is 27.3. The molecule has 0 bridgehead atoms. The molecule has 34 heavy (non-hydrogen) atoms. The van der Waals surface area contributed by atoms with Crippen molar-refractivity contribution in [3.8, 4) is 11.8 Å². The number of ketones is 1. The predicted octanol–water partition coefficient (Wildman–Crippen LogP) is 7.55. The fourth-order valence-electron chi connectivity index (χ4n) is 3.87. The van der Waals surface area contributed by atoms with Gasteiger partial charge in [0.1, 0.15) is 5.75 Å². The van der Waals surface area contributed by atoms with Crippen LogP contribution >= 0.6 is 0 Å². The van der Waals surface area contributed by atoms with Crippen LogP contribution in [-0.4, -0.2) is 17.2 Å². The molecule has 4 heteroatoms. The van der Waals surface area contributed by atoms with Gasteiger partial charge in [0.25, 0.3) is 0 Å². The summed E-state index contributed by atoms with van der Waals surface area (Å²) in [7, 11) is 0. The Hall–Kier alpha value is -2.90. The van der Waals surface area contributed by atoms with E-state index >= 15 is 0 Å². The molecule has 2 aromatic carbocycles. The molecule has 1 N–H and O–H groups in total. The standard InChI is InChI=1S/C30H39NO3/c1-2-3-4-5-6-7-8-9-10-11-13-25-18-22-28(23-19-25)34-30(33)15-12-14-29(32)27-20-16-26(24-31)17-21-27/h12,15-23,30,33H,2-11,13-14H2,1H3. The van der Waals surface area contributed by atoms with Crippen molar-refractivity contribution < 1.29 is 14.6 Å². The molecule has 0 spiro atoms. The van der Waals surface area contributed by atoms with E-state index < -0.39 is 6.29 Å². The van der Waals surface area contributed by atoms with Crippen molar-refractivity contribution in [1.29, 1.82) is 5.26 Å². The number of unbranched alkanes of at least 4 members (excludes halogenated alkanes) is 9. The lowest BCUT2D eigenvalue weighted by atomic mass is 10.0. The number of Topliss-reactive ketones (excluding diaryl/α,β-unsaturated/α-hetero) is 1. The lowest BCUT2D eigenvalue weighted by Crippen LogP contribution is -2.12. The number of nitriles is 1. The zero-order valence-electron chi connectivity index (χ0n) is 20.5. The molecule has 0 saturated carbocycles. The Bertz CT molecular complexity index is 894. The Morgan fingerprint density at radius 2 is 1.50 bits per heavy atom. The SMILES string of the molecule is CCCCCCCCCCCCc1ccc(OC(O)C=CCC(=O)c2ccc(C#N)cc2)cc1. The first-order valence-electron chi connectivity index (χ1n) is 12.8. The third-order valence-corrected chi connectivity index (χ3v) is 5.94. The summed E-state index contributed by atoms with van der Waals surface area (Å²) < 4.78 is 5.51. The van der Waals surface area contributed by atoms with E-state index in [2.05, 4.69) is 6.92 Å². The van der Waals surface area contributed by atoms with Gasteiger partial charge >= 0.3 is 0 Å². The van der Waals surface area contributed by atoms with E-state index in [0.29, 0.717) is 16.9 Å². The molecule has 4 nitrogen and oxygen atoms in total. The number of hydrogen-bond acceptors (Lipinski definition) is 4. The van der Waals surface area contributed by atoms with Crippen molar-refractivity contribution in [2.24, 2.45) is 0 Å². The molecule has 2 aromatic rings. The average molecular weight is 462 g/mol. The lowest BCUT2D eigenvalue weighted by Gasteiger charge is -2.10. The molecular formula is C30H39NO3. The van der Waals surface area contributed by atoms with Gasteiger partial charge < -0.3 is 9.84 Å². The van der Waals surface area contributed by atoms with E-state index in [1.54, 1.807) is 30.3 Å². The second-order valence-corrected chi connectivity index (χ2v) is 8.83. The summed E-state index contributed by atoms with van der Waals surface area (Å²) in [5.41, 5.74) is 2.34. The molecule has 0 heterocycles. The third-order valence-electron chi connectivity index (χ3n) is 5.94. The molecule has 0 radical (unpaired) electrons. The summed E-state index contributed by atoms with van der Waals surface area (Å²) in [6.45, 7) is 2.26. The highest BCUT2D eigenvalue weighted by atomic mass is 16.6. The van der Waals surface area contributed by atoms with Crippen LogP contribution in [0.15, 0.2) is 60.7 Å². The van der Waals surface area contributed by atoms with E-state index in [-0.39, 0.29) is 12.2 Å². The van der Waals surface area contributed by atoms with Crippen LogP contribution in [-0.2, 0) is 6.42 Å². The predicted molar refractivity (Wildman–Crippen MR) is 138 cm³/mol. The zero-order valence-corrected chi connectivity index (χ0v) is 20.5. The minimum atomic E-state index is -1.11. The smallest absolute Gasteiger partial charge is 0.217 e. The van der Waals surface area contributed by atoms with E-state index in [4.69, 9.17) is 10.00 Å². The molecule has 1 unspecified atom stereocenters. The van der Waals surface area contributed by atoms with Gasteiger partial charge in [-0.3, -0.25) is 4.79 Å². The van der Waals surface area contributed by atoms with Crippen molar-refractivity contribution in [1.82, 2.24) is 0 Å². The van der Waals surface area contributed by atoms with Crippen LogP contribution in [0, 0.1) is 11.3 Å². The van der Waals surface area contributed by atoms with Gasteiger partial charge in [-0.05, 0) is 48.7 Å². The Kier molecular flexibility index (Phi) is 13.4. The molecule has 0 aromatic heterocycles. The van der Waals surface area contributed by atoms with Gasteiger partial charge in [-0.2, -0.15) is 5.26 Å². The lowest BCUT2D eigenvalue weighted by molar-refractivity contribution is 0.0246. The number of ether oxygens (including phenoxy) is 1. The molecule has 0 aliphatic carbocycles. The second kappa shape index (κ2) is 16.7. The number of allylic oxidation sites excluding steroid dienone is 1. The van der Waals surface area contributed by atoms with Crippen LogP contribution in [0.1, 0.15) is 99.0 Å². The van der Waals surface area contributed by atoms with Gasteiger partial charge in [-0.25, -0.2) is 0 Å². The van der Waals surface area contributed by atoms with Gasteiger partial charge in [0.05, 0.1) is 11.6 Å². The van der Waals surface area contributed by atoms with Crippen molar-refractivity contribution in [3.63, 3.8) is 0 Å². The van der Waals surface area contributed by atoms with Crippen LogP contribution in [0.3, 0.4) is 0 Å². The minimum absolute atomic E-state index is 0.0794. The average Bonchev–Trinajstić information content (AvgIpc) is 2.86. The number of aryl methyl sites for hydroxylation is 1. The van der Waals surface area contributed by atoms with Crippen molar-refractivity contribution in [3.05, 3.63) is 77.4 Å². The molecule has 1 atom stereocenters. The van der Waals surface area contributed by atoms with Crippen molar-refractivity contribution >= 4 is 5.78 Å². The Labute approximate surface area is 205 Å². The summed E-state index contributed by atoms with van der Waals surface area (Å²) in [6.07, 6.45) is 16.6. The van der Waals surface area contributed by atoms with E-state index in [1.807, 2.05) is 30.3 Å². The first-order valence-corrected chi connectivity index (χ1v) is 12.8. The van der Waals surface area contributed by atoms with Crippen molar-refractivity contribution in [2.45, 2.75) is 90.3 Å². The molecule has 0 saturated heterocycles. The molecule has 182 valence electrons. The maximum absolute atomic E-state index is 12.2.